The number of aliphatic imine (C=N–C) groups is 2. The molecule has 8 heteroatoms. The van der Waals surface area contributed by atoms with Crippen LogP contribution >= 0.6 is 0 Å². The lowest BCUT2D eigenvalue weighted by Gasteiger charge is -2.13. The minimum atomic E-state index is -0.364. The minimum absolute atomic E-state index is 0.125. The summed E-state index contributed by atoms with van der Waals surface area (Å²) in [7, 11) is 0. The van der Waals surface area contributed by atoms with E-state index in [2.05, 4.69) is 41.4 Å². The maximum Gasteiger partial charge on any atom is 0.207 e. The number of hydrogen-bond acceptors (Lipinski definition) is 7. The largest absolute Gasteiger partial charge is 0.394 e. The molecule has 0 aliphatic carbocycles. The molecule has 5 N–H and O–H groups in total. The molecule has 3 unspecified atom stereocenters. The van der Waals surface area contributed by atoms with Crippen LogP contribution in [0.4, 0.5) is 0 Å². The lowest BCUT2D eigenvalue weighted by atomic mass is 10.0. The van der Waals surface area contributed by atoms with Crippen LogP contribution in [0.25, 0.3) is 0 Å². The molecule has 0 bridgehead atoms. The lowest BCUT2D eigenvalue weighted by molar-refractivity contribution is -0.110. The average Bonchev–Trinajstić information content (AvgIpc) is 3.52. The molecule has 2 heterocycles. The molecular weight excluding hydrogens is 430 g/mol. The van der Waals surface area contributed by atoms with Crippen LogP contribution in [0.1, 0.15) is 78.5 Å². The summed E-state index contributed by atoms with van der Waals surface area (Å²) in [6, 6.07) is 8.38. The van der Waals surface area contributed by atoms with Gasteiger partial charge in [-0.1, -0.05) is 52.0 Å². The monoisotopic (exact) mass is 477 g/mol. The molecule has 0 saturated carbocycles. The molecular formula is C26H47N5O3. The molecule has 0 radical (unpaired) electrons. The van der Waals surface area contributed by atoms with E-state index in [1.54, 1.807) is 0 Å². The maximum absolute atomic E-state index is 10.4. The summed E-state index contributed by atoms with van der Waals surface area (Å²) in [4.78, 5) is 26.9. The van der Waals surface area contributed by atoms with Gasteiger partial charge in [0.15, 0.2) is 0 Å². The highest BCUT2D eigenvalue weighted by Crippen LogP contribution is 2.15. The van der Waals surface area contributed by atoms with Crippen LogP contribution in [0.15, 0.2) is 34.3 Å². The van der Waals surface area contributed by atoms with Gasteiger partial charge >= 0.3 is 0 Å². The average molecular weight is 478 g/mol. The summed E-state index contributed by atoms with van der Waals surface area (Å²) in [5.74, 6) is 0.630. The van der Waals surface area contributed by atoms with E-state index in [0.29, 0.717) is 25.0 Å². The molecule has 1 aromatic rings. The van der Waals surface area contributed by atoms with Gasteiger partial charge in [-0.15, -0.1) is 0 Å². The Morgan fingerprint density at radius 3 is 2.06 bits per heavy atom. The Balaban J connectivity index is 0. The Morgan fingerprint density at radius 2 is 1.76 bits per heavy atom. The van der Waals surface area contributed by atoms with Crippen molar-refractivity contribution in [3.05, 3.63) is 35.4 Å². The molecule has 1 saturated heterocycles. The van der Waals surface area contributed by atoms with Gasteiger partial charge in [-0.2, -0.15) is 0 Å². The number of aliphatic hydroxyl groups excluding tert-OH is 1. The van der Waals surface area contributed by atoms with Crippen molar-refractivity contribution in [1.29, 1.82) is 0 Å². The molecule has 34 heavy (non-hydrogen) atoms. The number of rotatable bonds is 6. The van der Waals surface area contributed by atoms with Crippen molar-refractivity contribution in [1.82, 2.24) is 10.6 Å². The number of amides is 1. The summed E-state index contributed by atoms with van der Waals surface area (Å²) >= 11 is 0. The third-order valence-corrected chi connectivity index (χ3v) is 5.28. The van der Waals surface area contributed by atoms with Crippen LogP contribution in [0, 0.1) is 5.92 Å². The van der Waals surface area contributed by atoms with Gasteiger partial charge in [0, 0.05) is 17.6 Å². The molecule has 1 fully saturated rings. The summed E-state index contributed by atoms with van der Waals surface area (Å²) < 4.78 is 0. The van der Waals surface area contributed by atoms with Crippen LogP contribution < -0.4 is 16.4 Å². The number of aliphatic hydroxyl groups is 1. The molecule has 2 aliphatic rings. The van der Waals surface area contributed by atoms with Crippen LogP contribution in [0.2, 0.25) is 0 Å². The number of nitrogens with two attached hydrogens (primary N) is 1. The molecule has 194 valence electrons. The molecule has 1 aromatic carbocycles. The highest BCUT2D eigenvalue weighted by molar-refractivity contribution is 6.48. The first-order valence-electron chi connectivity index (χ1n) is 12.0. The third kappa shape index (κ3) is 14.0. The fourth-order valence-corrected chi connectivity index (χ4v) is 2.77. The van der Waals surface area contributed by atoms with E-state index in [1.165, 1.54) is 19.4 Å². The highest BCUT2D eigenvalue weighted by Gasteiger charge is 2.13. The van der Waals surface area contributed by atoms with E-state index in [9.17, 15) is 4.79 Å². The SMILES string of the molecule is C=O.CC.CC(C)C(C)N.CC1=NCN=C1c1ccc(C(CO)NC=O)cc1.CC1CCCN1. The molecule has 1 amide bonds. The summed E-state index contributed by atoms with van der Waals surface area (Å²) in [5.41, 5.74) is 9.14. The van der Waals surface area contributed by atoms with Gasteiger partial charge in [-0.25, -0.2) is 0 Å². The van der Waals surface area contributed by atoms with Crippen molar-refractivity contribution in [3.63, 3.8) is 0 Å². The smallest absolute Gasteiger partial charge is 0.207 e. The molecule has 3 atom stereocenters. The first-order valence-corrected chi connectivity index (χ1v) is 12.0. The first-order chi connectivity index (χ1) is 16.3. The summed E-state index contributed by atoms with van der Waals surface area (Å²) in [6.07, 6.45) is 3.34. The van der Waals surface area contributed by atoms with E-state index in [0.717, 1.165) is 28.6 Å². The third-order valence-electron chi connectivity index (χ3n) is 5.28. The fourth-order valence-electron chi connectivity index (χ4n) is 2.77. The van der Waals surface area contributed by atoms with Crippen molar-refractivity contribution in [2.75, 3.05) is 19.8 Å². The molecule has 8 nitrogen and oxygen atoms in total. The number of benzene rings is 1. The normalized spacial score (nSPS) is 17.5. The predicted octanol–water partition coefficient (Wildman–Crippen LogP) is 3.28. The van der Waals surface area contributed by atoms with Gasteiger partial charge < -0.3 is 26.3 Å². The zero-order valence-corrected chi connectivity index (χ0v) is 22.2. The van der Waals surface area contributed by atoms with Crippen molar-refractivity contribution < 1.29 is 14.7 Å². The predicted molar refractivity (Wildman–Crippen MR) is 144 cm³/mol. The lowest BCUT2D eigenvalue weighted by Crippen LogP contribution is -2.22. The van der Waals surface area contributed by atoms with E-state index in [-0.39, 0.29) is 12.6 Å². The summed E-state index contributed by atoms with van der Waals surface area (Å²) in [6.45, 7) is 18.0. The van der Waals surface area contributed by atoms with Crippen LogP contribution in [-0.2, 0) is 9.59 Å². The van der Waals surface area contributed by atoms with Gasteiger partial charge in [0.1, 0.15) is 13.5 Å². The van der Waals surface area contributed by atoms with Crippen LogP contribution in [0.3, 0.4) is 0 Å². The number of hydrogen-bond donors (Lipinski definition) is 4. The van der Waals surface area contributed by atoms with Crippen molar-refractivity contribution in [2.45, 2.75) is 79.4 Å². The maximum atomic E-state index is 10.4. The van der Waals surface area contributed by atoms with Crippen molar-refractivity contribution in [3.8, 4) is 0 Å². The molecule has 3 rings (SSSR count). The second-order valence-corrected chi connectivity index (χ2v) is 8.13. The van der Waals surface area contributed by atoms with Crippen LogP contribution in [-0.4, -0.2) is 61.6 Å². The fraction of sp³-hybridized carbons (Fsp3) is 0.615. The van der Waals surface area contributed by atoms with Gasteiger partial charge in [-0.3, -0.25) is 14.8 Å². The Bertz CT molecular complexity index is 691. The number of nitrogens with one attached hydrogen (secondary N) is 2. The molecule has 0 spiro atoms. The van der Waals surface area contributed by atoms with E-state index in [4.69, 9.17) is 15.6 Å². The standard InChI is InChI=1S/C13H15N3O2.C5H11N.C5H13N.C2H6.CH2O/c1-9-13(15-7-14-9)11-4-2-10(3-5-11)12(6-17)16-8-18;1-5-3-2-4-6-5;1-4(2)5(3)6;2*1-2/h2-5,8,12,17H,6-7H2,1H3,(H,16,18);5-6H,2-4H2,1H3;4-5H,6H2,1-3H3;1-2H3;1H2. The summed E-state index contributed by atoms with van der Waals surface area (Å²) in [5, 5.41) is 15.1. The number of carbonyl (C=O) groups excluding carboxylic acids is 2. The van der Waals surface area contributed by atoms with Crippen LogP contribution in [0.5, 0.6) is 0 Å². The number of nitrogens with zero attached hydrogens (tertiary/aromatic N) is 2. The Hall–Kier alpha value is -2.42. The topological polar surface area (TPSA) is 129 Å². The van der Waals surface area contributed by atoms with E-state index in [1.807, 2.05) is 58.7 Å². The van der Waals surface area contributed by atoms with Crippen molar-refractivity contribution in [2.24, 2.45) is 21.6 Å². The van der Waals surface area contributed by atoms with E-state index >= 15 is 0 Å². The van der Waals surface area contributed by atoms with Gasteiger partial charge in [-0.05, 0) is 51.6 Å². The zero-order chi connectivity index (χ0) is 26.5. The number of carbonyl (C=O) groups is 2. The van der Waals surface area contributed by atoms with Crippen molar-refractivity contribution >= 4 is 24.6 Å². The van der Waals surface area contributed by atoms with E-state index < -0.39 is 0 Å². The second-order valence-electron chi connectivity index (χ2n) is 8.13. The quantitative estimate of drug-likeness (QED) is 0.467. The minimum Gasteiger partial charge on any atom is -0.394 e. The van der Waals surface area contributed by atoms with Gasteiger partial charge in [0.25, 0.3) is 0 Å². The Kier molecular flexibility index (Phi) is 21.0. The zero-order valence-electron chi connectivity index (χ0n) is 22.2. The van der Waals surface area contributed by atoms with Gasteiger partial charge in [0.05, 0.1) is 24.1 Å². The first kappa shape index (κ1) is 33.8. The Labute approximate surface area is 206 Å². The van der Waals surface area contributed by atoms with Gasteiger partial charge in [0.2, 0.25) is 6.41 Å². The highest BCUT2D eigenvalue weighted by atomic mass is 16.3. The molecule has 2 aliphatic heterocycles. The second kappa shape index (κ2) is 21.1. The molecule has 0 aromatic heterocycles. The Morgan fingerprint density at radius 1 is 1.21 bits per heavy atom.